The summed E-state index contributed by atoms with van der Waals surface area (Å²) in [5.74, 6) is 0.236. The maximum absolute atomic E-state index is 11.0. The van der Waals surface area contributed by atoms with E-state index in [0.29, 0.717) is 6.54 Å². The summed E-state index contributed by atoms with van der Waals surface area (Å²) in [6.45, 7) is 4.32. The predicted molar refractivity (Wildman–Crippen MR) is 66.1 cm³/mol. The van der Waals surface area contributed by atoms with Crippen molar-refractivity contribution in [3.63, 3.8) is 0 Å². The number of carbonyl (C=O) groups excluding carboxylic acids is 1. The van der Waals surface area contributed by atoms with Crippen LogP contribution in [0.1, 0.15) is 27.5 Å². The molecule has 94 valence electrons. The number of nitrogens with one attached hydrogen (secondary N) is 1. The van der Waals surface area contributed by atoms with Crippen molar-refractivity contribution in [1.82, 2.24) is 10.1 Å². The molecule has 2 rings (SSSR count). The van der Waals surface area contributed by atoms with Crippen molar-refractivity contribution >= 4 is 11.6 Å². The van der Waals surface area contributed by atoms with E-state index in [2.05, 4.69) is 15.5 Å². The Balaban J connectivity index is 2.11. The molecule has 0 fully saturated rings. The smallest absolute Gasteiger partial charge is 0.267 e. The van der Waals surface area contributed by atoms with E-state index >= 15 is 0 Å². The van der Waals surface area contributed by atoms with Crippen molar-refractivity contribution in [1.29, 1.82) is 0 Å². The third kappa shape index (κ3) is 2.48. The Morgan fingerprint density at radius 1 is 1.50 bits per heavy atom. The Morgan fingerprint density at radius 2 is 2.28 bits per heavy atom. The van der Waals surface area contributed by atoms with Crippen LogP contribution in [0.3, 0.4) is 0 Å². The number of anilines is 1. The Bertz CT molecular complexity index is 558. The number of rotatable bonds is 4. The van der Waals surface area contributed by atoms with Crippen molar-refractivity contribution in [2.45, 2.75) is 20.4 Å². The zero-order valence-electron chi connectivity index (χ0n) is 10.2. The molecule has 0 atom stereocenters. The maximum Gasteiger partial charge on any atom is 0.267 e. The van der Waals surface area contributed by atoms with Crippen LogP contribution < -0.4 is 11.1 Å². The second kappa shape index (κ2) is 4.87. The van der Waals surface area contributed by atoms with E-state index in [-0.39, 0.29) is 5.69 Å². The van der Waals surface area contributed by atoms with Gasteiger partial charge >= 0.3 is 0 Å². The lowest BCUT2D eigenvalue weighted by Gasteiger charge is -2.06. The quantitative estimate of drug-likeness (QED) is 0.850. The second-order valence-electron chi connectivity index (χ2n) is 3.95. The van der Waals surface area contributed by atoms with Gasteiger partial charge in [0.25, 0.3) is 5.91 Å². The molecule has 0 saturated carbocycles. The largest absolute Gasteiger partial charge is 0.381 e. The molecule has 3 N–H and O–H groups in total. The molecule has 0 aliphatic heterocycles. The van der Waals surface area contributed by atoms with Gasteiger partial charge in [-0.1, -0.05) is 5.16 Å². The number of hydrogen-bond donors (Lipinski definition) is 2. The Hall–Kier alpha value is -2.37. The number of primary amides is 1. The van der Waals surface area contributed by atoms with E-state index in [1.807, 2.05) is 13.8 Å². The Labute approximate surface area is 104 Å². The summed E-state index contributed by atoms with van der Waals surface area (Å²) in [6, 6.07) is 3.38. The molecule has 2 aromatic heterocycles. The summed E-state index contributed by atoms with van der Waals surface area (Å²) < 4.78 is 5.07. The molecule has 2 heterocycles. The first kappa shape index (κ1) is 12.1. The Morgan fingerprint density at radius 3 is 2.89 bits per heavy atom. The lowest BCUT2D eigenvalue weighted by molar-refractivity contribution is 0.0995. The fourth-order valence-corrected chi connectivity index (χ4v) is 1.62. The monoisotopic (exact) mass is 246 g/mol. The van der Waals surface area contributed by atoms with Gasteiger partial charge in [-0.05, 0) is 26.0 Å². The van der Waals surface area contributed by atoms with Crippen molar-refractivity contribution < 1.29 is 9.32 Å². The molecule has 0 aromatic carbocycles. The number of carbonyl (C=O) groups is 1. The van der Waals surface area contributed by atoms with Gasteiger partial charge in [-0.25, -0.2) is 0 Å². The summed E-state index contributed by atoms with van der Waals surface area (Å²) in [4.78, 5) is 14.9. The van der Waals surface area contributed by atoms with Gasteiger partial charge < -0.3 is 15.6 Å². The third-order valence-electron chi connectivity index (χ3n) is 2.66. The van der Waals surface area contributed by atoms with Crippen LogP contribution in [-0.4, -0.2) is 16.0 Å². The van der Waals surface area contributed by atoms with Gasteiger partial charge in [-0.3, -0.25) is 9.78 Å². The average Bonchev–Trinajstić information content (AvgIpc) is 2.67. The maximum atomic E-state index is 11.0. The SMILES string of the molecule is Cc1noc(C)c1CNc1ccnc(C(N)=O)c1. The molecule has 0 radical (unpaired) electrons. The highest BCUT2D eigenvalue weighted by Crippen LogP contribution is 2.15. The summed E-state index contributed by atoms with van der Waals surface area (Å²) in [5, 5.41) is 7.05. The highest BCUT2D eigenvalue weighted by atomic mass is 16.5. The first-order chi connectivity index (χ1) is 8.58. The van der Waals surface area contributed by atoms with E-state index in [4.69, 9.17) is 10.3 Å². The molecule has 0 aliphatic rings. The van der Waals surface area contributed by atoms with E-state index in [0.717, 1.165) is 22.7 Å². The van der Waals surface area contributed by atoms with Gasteiger partial charge in [0.15, 0.2) is 0 Å². The van der Waals surface area contributed by atoms with Crippen molar-refractivity contribution in [3.05, 3.63) is 41.0 Å². The number of aryl methyl sites for hydroxylation is 2. The van der Waals surface area contributed by atoms with E-state index in [9.17, 15) is 4.79 Å². The molecule has 18 heavy (non-hydrogen) atoms. The van der Waals surface area contributed by atoms with E-state index in [1.165, 1.54) is 6.20 Å². The van der Waals surface area contributed by atoms with Crippen LogP contribution in [0, 0.1) is 13.8 Å². The zero-order valence-corrected chi connectivity index (χ0v) is 10.2. The van der Waals surface area contributed by atoms with Gasteiger partial charge in [0.2, 0.25) is 0 Å². The number of nitrogens with zero attached hydrogens (tertiary/aromatic N) is 2. The molecule has 1 amide bonds. The first-order valence-electron chi connectivity index (χ1n) is 5.49. The molecular formula is C12H14N4O2. The van der Waals surface area contributed by atoms with Gasteiger partial charge in [0.05, 0.1) is 5.69 Å². The lowest BCUT2D eigenvalue weighted by Crippen LogP contribution is -2.13. The molecule has 0 saturated heterocycles. The predicted octanol–water partition coefficient (Wildman–Crippen LogP) is 1.40. The summed E-state index contributed by atoms with van der Waals surface area (Å²) in [6.07, 6.45) is 1.54. The van der Waals surface area contributed by atoms with Gasteiger partial charge in [-0.15, -0.1) is 0 Å². The third-order valence-corrected chi connectivity index (χ3v) is 2.66. The standard InChI is InChI=1S/C12H14N4O2/c1-7-10(8(2)18-16-7)6-15-9-3-4-14-11(5-9)12(13)17/h3-5H,6H2,1-2H3,(H2,13,17)(H,14,15). The number of hydrogen-bond acceptors (Lipinski definition) is 5. The summed E-state index contributed by atoms with van der Waals surface area (Å²) >= 11 is 0. The highest BCUT2D eigenvalue weighted by molar-refractivity contribution is 5.91. The van der Waals surface area contributed by atoms with Crippen LogP contribution in [0.15, 0.2) is 22.9 Å². The number of pyridine rings is 1. The van der Waals surface area contributed by atoms with Crippen LogP contribution in [0.5, 0.6) is 0 Å². The van der Waals surface area contributed by atoms with Crippen LogP contribution in [0.2, 0.25) is 0 Å². The van der Waals surface area contributed by atoms with Crippen molar-refractivity contribution in [2.24, 2.45) is 5.73 Å². The molecule has 2 aromatic rings. The molecule has 0 bridgehead atoms. The second-order valence-corrected chi connectivity index (χ2v) is 3.95. The van der Waals surface area contributed by atoms with Crippen molar-refractivity contribution in [2.75, 3.05) is 5.32 Å². The van der Waals surface area contributed by atoms with Crippen LogP contribution >= 0.6 is 0 Å². The fraction of sp³-hybridized carbons (Fsp3) is 0.250. The van der Waals surface area contributed by atoms with Gasteiger partial charge in [0, 0.05) is 24.0 Å². The highest BCUT2D eigenvalue weighted by Gasteiger charge is 2.09. The zero-order chi connectivity index (χ0) is 13.1. The number of amides is 1. The number of nitrogens with two attached hydrogens (primary N) is 1. The van der Waals surface area contributed by atoms with E-state index in [1.54, 1.807) is 12.1 Å². The minimum atomic E-state index is -0.545. The van der Waals surface area contributed by atoms with E-state index < -0.39 is 5.91 Å². The summed E-state index contributed by atoms with van der Waals surface area (Å²) in [7, 11) is 0. The fourth-order valence-electron chi connectivity index (χ4n) is 1.62. The normalized spacial score (nSPS) is 10.3. The van der Waals surface area contributed by atoms with Crippen LogP contribution in [0.25, 0.3) is 0 Å². The average molecular weight is 246 g/mol. The lowest BCUT2D eigenvalue weighted by atomic mass is 10.2. The summed E-state index contributed by atoms with van der Waals surface area (Å²) in [5.41, 5.74) is 8.04. The van der Waals surface area contributed by atoms with Crippen LogP contribution in [0.4, 0.5) is 5.69 Å². The molecule has 0 aliphatic carbocycles. The van der Waals surface area contributed by atoms with Crippen molar-refractivity contribution in [3.8, 4) is 0 Å². The van der Waals surface area contributed by atoms with Gasteiger partial charge in [0.1, 0.15) is 11.5 Å². The van der Waals surface area contributed by atoms with Crippen LogP contribution in [-0.2, 0) is 6.54 Å². The molecule has 6 heteroatoms. The molecule has 6 nitrogen and oxygen atoms in total. The molecule has 0 unspecified atom stereocenters. The van der Waals surface area contributed by atoms with Gasteiger partial charge in [-0.2, -0.15) is 0 Å². The molecule has 0 spiro atoms. The number of aromatic nitrogens is 2. The molecular weight excluding hydrogens is 232 g/mol. The Kier molecular flexibility index (Phi) is 3.27. The minimum Gasteiger partial charge on any atom is -0.381 e. The topological polar surface area (TPSA) is 94.0 Å². The minimum absolute atomic E-state index is 0.235. The first-order valence-corrected chi connectivity index (χ1v) is 5.49.